The van der Waals surface area contributed by atoms with Crippen molar-refractivity contribution in [1.29, 1.82) is 0 Å². The van der Waals surface area contributed by atoms with Crippen LogP contribution in [0.1, 0.15) is 0 Å². The van der Waals surface area contributed by atoms with Crippen molar-refractivity contribution in [2.45, 2.75) is 4.84 Å². The van der Waals surface area contributed by atoms with E-state index in [9.17, 15) is 8.42 Å². The van der Waals surface area contributed by atoms with Crippen LogP contribution in [0.25, 0.3) is 0 Å². The van der Waals surface area contributed by atoms with Crippen molar-refractivity contribution >= 4 is 33.3 Å². The van der Waals surface area contributed by atoms with Gasteiger partial charge in [0.15, 0.2) is 0 Å². The fourth-order valence-electron chi connectivity index (χ4n) is 0.159. The zero-order chi connectivity index (χ0) is 6.78. The molecule has 0 unspecified atom stereocenters. The number of halogens is 2. The van der Waals surface area contributed by atoms with Crippen molar-refractivity contribution < 1.29 is 13.0 Å². The lowest BCUT2D eigenvalue weighted by atomic mass is 10.9. The lowest BCUT2D eigenvalue weighted by Gasteiger charge is -1.93. The fourth-order valence-corrected chi connectivity index (χ4v) is 1.43. The first-order valence-electron chi connectivity index (χ1n) is 1.65. The SMILES string of the molecule is O=S(=O)(O)CC(Cl)Cl. The van der Waals surface area contributed by atoms with Crippen LogP contribution in [0.4, 0.5) is 0 Å². The highest BCUT2D eigenvalue weighted by Gasteiger charge is 2.09. The van der Waals surface area contributed by atoms with Crippen LogP contribution in [-0.2, 0) is 10.1 Å². The van der Waals surface area contributed by atoms with E-state index in [4.69, 9.17) is 27.8 Å². The Morgan fingerprint density at radius 2 is 1.88 bits per heavy atom. The molecular weight excluding hydrogens is 175 g/mol. The molecule has 0 heterocycles. The van der Waals surface area contributed by atoms with E-state index in [0.717, 1.165) is 0 Å². The van der Waals surface area contributed by atoms with Crippen LogP contribution in [-0.4, -0.2) is 23.6 Å². The molecule has 0 saturated heterocycles. The number of hydrogen-bond acceptors (Lipinski definition) is 2. The molecule has 0 rings (SSSR count). The lowest BCUT2D eigenvalue weighted by Crippen LogP contribution is -2.09. The molecular formula is C2H4Cl2O3S. The molecule has 0 aromatic heterocycles. The standard InChI is InChI=1S/C2H4Cl2O3S/c3-2(4)1-8(5,6)7/h2H,1H2,(H,5,6,7). The van der Waals surface area contributed by atoms with E-state index in [1.807, 2.05) is 0 Å². The molecule has 0 saturated carbocycles. The van der Waals surface area contributed by atoms with Crippen LogP contribution in [0.5, 0.6) is 0 Å². The average molecular weight is 179 g/mol. The average Bonchev–Trinajstić information content (AvgIpc) is 1.21. The maximum absolute atomic E-state index is 9.83. The molecule has 0 aliphatic rings. The first-order valence-corrected chi connectivity index (χ1v) is 4.13. The molecule has 0 radical (unpaired) electrons. The second kappa shape index (κ2) is 2.87. The summed E-state index contributed by atoms with van der Waals surface area (Å²) in [5.41, 5.74) is 0. The summed E-state index contributed by atoms with van der Waals surface area (Å²) in [7, 11) is -3.99. The van der Waals surface area contributed by atoms with E-state index in [1.54, 1.807) is 0 Å². The number of alkyl halides is 2. The second-order valence-electron chi connectivity index (χ2n) is 1.14. The van der Waals surface area contributed by atoms with Gasteiger partial charge in [-0.05, 0) is 0 Å². The summed E-state index contributed by atoms with van der Waals surface area (Å²) in [5, 5.41) is 0. The Bertz CT molecular complexity index is 149. The van der Waals surface area contributed by atoms with Gasteiger partial charge >= 0.3 is 0 Å². The van der Waals surface area contributed by atoms with Gasteiger partial charge in [0.1, 0.15) is 10.6 Å². The summed E-state index contributed by atoms with van der Waals surface area (Å²) >= 11 is 9.98. The maximum atomic E-state index is 9.83. The molecule has 0 amide bonds. The summed E-state index contributed by atoms with van der Waals surface area (Å²) in [5.74, 6) is -0.615. The minimum atomic E-state index is -3.99. The minimum absolute atomic E-state index is 0.615. The third-order valence-electron chi connectivity index (χ3n) is 0.337. The van der Waals surface area contributed by atoms with Crippen LogP contribution < -0.4 is 0 Å². The molecule has 50 valence electrons. The van der Waals surface area contributed by atoms with Gasteiger partial charge in [-0.3, -0.25) is 4.55 Å². The highest BCUT2D eigenvalue weighted by molar-refractivity contribution is 7.85. The normalized spacial score (nSPS) is 12.5. The van der Waals surface area contributed by atoms with Gasteiger partial charge in [0, 0.05) is 0 Å². The molecule has 0 aliphatic heterocycles. The van der Waals surface area contributed by atoms with E-state index in [-0.39, 0.29) is 0 Å². The largest absolute Gasteiger partial charge is 0.285 e. The van der Waals surface area contributed by atoms with Gasteiger partial charge in [0.2, 0.25) is 0 Å². The molecule has 0 spiro atoms. The van der Waals surface area contributed by atoms with E-state index < -0.39 is 20.7 Å². The van der Waals surface area contributed by atoms with Crippen molar-refractivity contribution in [3.05, 3.63) is 0 Å². The molecule has 8 heavy (non-hydrogen) atoms. The van der Waals surface area contributed by atoms with E-state index in [2.05, 4.69) is 0 Å². The number of rotatable bonds is 2. The van der Waals surface area contributed by atoms with Crippen LogP contribution in [0.3, 0.4) is 0 Å². The van der Waals surface area contributed by atoms with Gasteiger partial charge in [-0.1, -0.05) is 0 Å². The topological polar surface area (TPSA) is 54.4 Å². The summed E-state index contributed by atoms with van der Waals surface area (Å²) in [6.07, 6.45) is 0. The molecule has 0 atom stereocenters. The molecule has 0 aliphatic carbocycles. The van der Waals surface area contributed by atoms with Gasteiger partial charge in [-0.25, -0.2) is 0 Å². The predicted molar refractivity (Wildman–Crippen MR) is 31.9 cm³/mol. The van der Waals surface area contributed by atoms with E-state index in [1.165, 1.54) is 0 Å². The second-order valence-corrected chi connectivity index (χ2v) is 3.91. The first kappa shape index (κ1) is 8.49. The van der Waals surface area contributed by atoms with Crippen molar-refractivity contribution in [2.75, 3.05) is 5.75 Å². The molecule has 3 nitrogen and oxygen atoms in total. The van der Waals surface area contributed by atoms with E-state index >= 15 is 0 Å². The van der Waals surface area contributed by atoms with Gasteiger partial charge in [-0.15, -0.1) is 23.2 Å². The van der Waals surface area contributed by atoms with Gasteiger partial charge in [0.25, 0.3) is 10.1 Å². The van der Waals surface area contributed by atoms with Crippen LogP contribution in [0.2, 0.25) is 0 Å². The Morgan fingerprint density at radius 3 is 1.88 bits per heavy atom. The van der Waals surface area contributed by atoms with Gasteiger partial charge < -0.3 is 0 Å². The Balaban J connectivity index is 3.75. The molecule has 0 fully saturated rings. The van der Waals surface area contributed by atoms with E-state index in [0.29, 0.717) is 0 Å². The van der Waals surface area contributed by atoms with Gasteiger partial charge in [0.05, 0.1) is 0 Å². The molecule has 6 heteroatoms. The summed E-state index contributed by atoms with van der Waals surface area (Å²) in [4.78, 5) is -1.05. The molecule has 0 aromatic rings. The Labute approximate surface area is 57.3 Å². The molecule has 0 bridgehead atoms. The summed E-state index contributed by atoms with van der Waals surface area (Å²) in [6, 6.07) is 0. The fraction of sp³-hybridized carbons (Fsp3) is 1.00. The zero-order valence-electron chi connectivity index (χ0n) is 3.71. The summed E-state index contributed by atoms with van der Waals surface area (Å²) in [6.45, 7) is 0. The van der Waals surface area contributed by atoms with Crippen molar-refractivity contribution in [3.63, 3.8) is 0 Å². The highest BCUT2D eigenvalue weighted by atomic mass is 35.5. The van der Waals surface area contributed by atoms with Gasteiger partial charge in [-0.2, -0.15) is 8.42 Å². The van der Waals surface area contributed by atoms with Crippen molar-refractivity contribution in [3.8, 4) is 0 Å². The molecule has 1 N–H and O–H groups in total. The Kier molecular flexibility index (Phi) is 3.04. The quantitative estimate of drug-likeness (QED) is 0.500. The third kappa shape index (κ3) is 6.49. The number of hydrogen-bond donors (Lipinski definition) is 1. The first-order chi connectivity index (χ1) is 3.42. The summed E-state index contributed by atoms with van der Waals surface area (Å²) < 4.78 is 27.6. The monoisotopic (exact) mass is 178 g/mol. The van der Waals surface area contributed by atoms with Crippen molar-refractivity contribution in [2.24, 2.45) is 0 Å². The van der Waals surface area contributed by atoms with Crippen molar-refractivity contribution in [1.82, 2.24) is 0 Å². The Morgan fingerprint density at radius 1 is 1.50 bits per heavy atom. The minimum Gasteiger partial charge on any atom is -0.285 e. The molecule has 0 aromatic carbocycles. The predicted octanol–water partition coefficient (Wildman–Crippen LogP) is 0.678. The van der Waals surface area contributed by atoms with Crippen LogP contribution in [0.15, 0.2) is 0 Å². The maximum Gasteiger partial charge on any atom is 0.267 e. The Hall–Kier alpha value is 0.490. The van der Waals surface area contributed by atoms with Crippen LogP contribution in [0, 0.1) is 0 Å². The third-order valence-corrected chi connectivity index (χ3v) is 1.77. The highest BCUT2D eigenvalue weighted by Crippen LogP contribution is 2.03. The zero-order valence-corrected chi connectivity index (χ0v) is 6.04. The lowest BCUT2D eigenvalue weighted by molar-refractivity contribution is 0.484. The van der Waals surface area contributed by atoms with Crippen LogP contribution >= 0.6 is 23.2 Å². The smallest absolute Gasteiger partial charge is 0.267 e.